The summed E-state index contributed by atoms with van der Waals surface area (Å²) in [6, 6.07) is 11.0. The lowest BCUT2D eigenvalue weighted by molar-refractivity contribution is 0.325. The van der Waals surface area contributed by atoms with Crippen LogP contribution in [-0.2, 0) is 0 Å². The van der Waals surface area contributed by atoms with Gasteiger partial charge in [-0.05, 0) is 24.3 Å². The predicted octanol–water partition coefficient (Wildman–Crippen LogP) is 2.24. The second-order valence-electron chi connectivity index (χ2n) is 3.15. The Hall–Kier alpha value is -2.07. The van der Waals surface area contributed by atoms with E-state index in [-0.39, 0.29) is 6.73 Å². The van der Waals surface area contributed by atoms with Gasteiger partial charge < -0.3 is 15.2 Å². The molecule has 4 nitrogen and oxygen atoms in total. The zero-order valence-corrected chi connectivity index (χ0v) is 8.63. The van der Waals surface area contributed by atoms with E-state index in [0.717, 1.165) is 5.69 Å². The van der Waals surface area contributed by atoms with Crippen molar-refractivity contribution in [2.75, 3.05) is 12.0 Å². The fourth-order valence-corrected chi connectivity index (χ4v) is 1.30. The van der Waals surface area contributed by atoms with Crippen LogP contribution >= 0.6 is 0 Å². The van der Waals surface area contributed by atoms with Gasteiger partial charge in [0.1, 0.15) is 18.2 Å². The Labute approximate surface area is 93.5 Å². The largest absolute Gasteiger partial charge is 0.456 e. The molecule has 1 aromatic heterocycles. The number of nitrogens with zero attached hydrogens (tertiary/aromatic N) is 1. The van der Waals surface area contributed by atoms with Crippen LogP contribution in [0.2, 0.25) is 0 Å². The van der Waals surface area contributed by atoms with Gasteiger partial charge in [0, 0.05) is 18.0 Å². The molecule has 1 aromatic carbocycles. The topological polar surface area (TPSA) is 54.4 Å². The average molecular weight is 216 g/mol. The number of aliphatic hydroxyl groups excluding tert-OH is 1. The summed E-state index contributed by atoms with van der Waals surface area (Å²) in [5.41, 5.74) is 0.809. The van der Waals surface area contributed by atoms with Crippen molar-refractivity contribution in [2.45, 2.75) is 0 Å². The van der Waals surface area contributed by atoms with E-state index >= 15 is 0 Å². The molecule has 0 amide bonds. The molecule has 0 atom stereocenters. The summed E-state index contributed by atoms with van der Waals surface area (Å²) in [5, 5.41) is 11.5. The molecule has 0 fully saturated rings. The highest BCUT2D eigenvalue weighted by Crippen LogP contribution is 2.22. The Balaban J connectivity index is 2.12. The van der Waals surface area contributed by atoms with Crippen LogP contribution in [-0.4, -0.2) is 16.8 Å². The molecule has 2 rings (SSSR count). The van der Waals surface area contributed by atoms with Gasteiger partial charge in [-0.3, -0.25) is 4.98 Å². The van der Waals surface area contributed by atoms with E-state index < -0.39 is 0 Å². The zero-order valence-electron chi connectivity index (χ0n) is 8.63. The second-order valence-corrected chi connectivity index (χ2v) is 3.15. The molecule has 0 bridgehead atoms. The standard InChI is InChI=1S/C12H12N2O2/c15-9-14-10-3-1-4-11(7-10)16-12-5-2-6-13-8-12/h1-8,14-15H,9H2. The van der Waals surface area contributed by atoms with Gasteiger partial charge in [0.2, 0.25) is 0 Å². The monoisotopic (exact) mass is 216 g/mol. The van der Waals surface area contributed by atoms with Crippen LogP contribution in [0.25, 0.3) is 0 Å². The molecule has 0 aliphatic rings. The lowest BCUT2D eigenvalue weighted by atomic mass is 10.3. The number of aliphatic hydroxyl groups is 1. The Bertz CT molecular complexity index is 446. The molecule has 1 heterocycles. The summed E-state index contributed by atoms with van der Waals surface area (Å²) in [7, 11) is 0. The van der Waals surface area contributed by atoms with Crippen LogP contribution in [0, 0.1) is 0 Å². The molecular weight excluding hydrogens is 204 g/mol. The van der Waals surface area contributed by atoms with Gasteiger partial charge >= 0.3 is 0 Å². The van der Waals surface area contributed by atoms with Gasteiger partial charge in [-0.15, -0.1) is 0 Å². The molecule has 0 spiro atoms. The molecule has 0 saturated carbocycles. The summed E-state index contributed by atoms with van der Waals surface area (Å²) in [6.07, 6.45) is 3.34. The maximum atomic E-state index is 8.74. The number of hydrogen-bond acceptors (Lipinski definition) is 4. The minimum atomic E-state index is -0.101. The maximum Gasteiger partial charge on any atom is 0.145 e. The van der Waals surface area contributed by atoms with Crippen molar-refractivity contribution in [3.05, 3.63) is 48.8 Å². The minimum absolute atomic E-state index is 0.101. The van der Waals surface area contributed by atoms with Crippen LogP contribution in [0.3, 0.4) is 0 Å². The van der Waals surface area contributed by atoms with E-state index in [0.29, 0.717) is 11.5 Å². The molecule has 82 valence electrons. The number of ether oxygens (including phenoxy) is 1. The van der Waals surface area contributed by atoms with Crippen LogP contribution in [0.1, 0.15) is 0 Å². The Morgan fingerprint density at radius 2 is 2.06 bits per heavy atom. The van der Waals surface area contributed by atoms with Crippen molar-refractivity contribution < 1.29 is 9.84 Å². The van der Waals surface area contributed by atoms with E-state index in [2.05, 4.69) is 10.3 Å². The smallest absolute Gasteiger partial charge is 0.145 e. The molecule has 0 unspecified atom stereocenters. The molecule has 0 radical (unpaired) electrons. The summed E-state index contributed by atoms with van der Waals surface area (Å²) < 4.78 is 5.58. The van der Waals surface area contributed by atoms with Crippen molar-refractivity contribution >= 4 is 5.69 Å². The molecule has 0 aliphatic heterocycles. The van der Waals surface area contributed by atoms with Crippen molar-refractivity contribution in [1.29, 1.82) is 0 Å². The van der Waals surface area contributed by atoms with Gasteiger partial charge in [-0.25, -0.2) is 0 Å². The first-order valence-electron chi connectivity index (χ1n) is 4.91. The van der Waals surface area contributed by atoms with Crippen molar-refractivity contribution in [2.24, 2.45) is 0 Å². The fraction of sp³-hybridized carbons (Fsp3) is 0.0833. The SMILES string of the molecule is OCNc1cccc(Oc2cccnc2)c1. The van der Waals surface area contributed by atoms with Crippen molar-refractivity contribution in [1.82, 2.24) is 4.98 Å². The molecular formula is C12H12N2O2. The van der Waals surface area contributed by atoms with E-state index in [4.69, 9.17) is 9.84 Å². The molecule has 0 saturated heterocycles. The third-order valence-corrected chi connectivity index (χ3v) is 1.99. The van der Waals surface area contributed by atoms with E-state index in [1.165, 1.54) is 0 Å². The average Bonchev–Trinajstić information content (AvgIpc) is 2.31. The van der Waals surface area contributed by atoms with Crippen LogP contribution in [0.4, 0.5) is 5.69 Å². The Kier molecular flexibility index (Phi) is 3.35. The maximum absolute atomic E-state index is 8.74. The first kappa shape index (κ1) is 10.4. The normalized spacial score (nSPS) is 9.81. The third-order valence-electron chi connectivity index (χ3n) is 1.99. The molecule has 16 heavy (non-hydrogen) atoms. The minimum Gasteiger partial charge on any atom is -0.456 e. The number of nitrogens with one attached hydrogen (secondary N) is 1. The van der Waals surface area contributed by atoms with Crippen LogP contribution in [0.5, 0.6) is 11.5 Å². The molecule has 2 N–H and O–H groups in total. The van der Waals surface area contributed by atoms with Gasteiger partial charge in [0.25, 0.3) is 0 Å². The highest BCUT2D eigenvalue weighted by Gasteiger charge is 1.97. The van der Waals surface area contributed by atoms with Gasteiger partial charge in [0.15, 0.2) is 0 Å². The third kappa shape index (κ3) is 2.71. The van der Waals surface area contributed by atoms with E-state index in [1.54, 1.807) is 12.4 Å². The molecule has 2 aromatic rings. The summed E-state index contributed by atoms with van der Waals surface area (Å²) in [5.74, 6) is 1.38. The highest BCUT2D eigenvalue weighted by atomic mass is 16.5. The van der Waals surface area contributed by atoms with Crippen LogP contribution < -0.4 is 10.1 Å². The van der Waals surface area contributed by atoms with E-state index in [1.807, 2.05) is 36.4 Å². The Morgan fingerprint density at radius 1 is 1.19 bits per heavy atom. The zero-order chi connectivity index (χ0) is 11.2. The number of benzene rings is 1. The molecule has 4 heteroatoms. The van der Waals surface area contributed by atoms with E-state index in [9.17, 15) is 0 Å². The predicted molar refractivity (Wildman–Crippen MR) is 61.5 cm³/mol. The first-order valence-corrected chi connectivity index (χ1v) is 4.91. The summed E-state index contributed by atoms with van der Waals surface area (Å²) in [6.45, 7) is -0.101. The van der Waals surface area contributed by atoms with Crippen molar-refractivity contribution in [3.63, 3.8) is 0 Å². The summed E-state index contributed by atoms with van der Waals surface area (Å²) in [4.78, 5) is 3.96. The van der Waals surface area contributed by atoms with Gasteiger partial charge in [-0.1, -0.05) is 6.07 Å². The van der Waals surface area contributed by atoms with Gasteiger partial charge in [-0.2, -0.15) is 0 Å². The number of rotatable bonds is 4. The number of pyridine rings is 1. The number of aromatic nitrogens is 1. The summed E-state index contributed by atoms with van der Waals surface area (Å²) >= 11 is 0. The second kappa shape index (κ2) is 5.14. The highest BCUT2D eigenvalue weighted by molar-refractivity contribution is 5.48. The fourth-order valence-electron chi connectivity index (χ4n) is 1.30. The van der Waals surface area contributed by atoms with Crippen molar-refractivity contribution in [3.8, 4) is 11.5 Å². The number of anilines is 1. The van der Waals surface area contributed by atoms with Gasteiger partial charge in [0.05, 0.1) is 6.20 Å². The number of hydrogen-bond donors (Lipinski definition) is 2. The lowest BCUT2D eigenvalue weighted by Crippen LogP contribution is -1.98. The molecule has 0 aliphatic carbocycles. The Morgan fingerprint density at radius 3 is 2.81 bits per heavy atom. The lowest BCUT2D eigenvalue weighted by Gasteiger charge is -2.07. The van der Waals surface area contributed by atoms with Crippen LogP contribution in [0.15, 0.2) is 48.8 Å². The quantitative estimate of drug-likeness (QED) is 0.769. The first-order chi connectivity index (χ1) is 7.88.